The molecule has 5 rings (SSSR count). The lowest BCUT2D eigenvalue weighted by atomic mass is 9.88. The molecule has 2 aliphatic rings. The van der Waals surface area contributed by atoms with E-state index in [1.807, 2.05) is 13.0 Å². The number of fused-ring (bicyclic) bond motifs is 13. The Balaban J connectivity index is 1.73. The third-order valence-corrected chi connectivity index (χ3v) is 12.3. The number of nitrogen functional groups attached to an aromatic ring is 1. The zero-order valence-corrected chi connectivity index (χ0v) is 34.3. The fourth-order valence-electron chi connectivity index (χ4n) is 6.04. The van der Waals surface area contributed by atoms with Gasteiger partial charge in [-0.2, -0.15) is 0 Å². The van der Waals surface area contributed by atoms with Crippen molar-refractivity contribution in [2.24, 2.45) is 0 Å². The van der Waals surface area contributed by atoms with Crippen LogP contribution in [0.4, 0.5) is 16.3 Å². The third kappa shape index (κ3) is 10.5. The molecule has 51 heavy (non-hydrogen) atoms. The quantitative estimate of drug-likeness (QED) is 0.193. The second-order valence-electron chi connectivity index (χ2n) is 14.7. The summed E-state index contributed by atoms with van der Waals surface area (Å²) >= 11 is 2.19. The van der Waals surface area contributed by atoms with E-state index in [4.69, 9.17) is 19.7 Å². The number of hydrogen-bond acceptors (Lipinski definition) is 10. The van der Waals surface area contributed by atoms with E-state index in [0.717, 1.165) is 25.7 Å². The molecular weight excluding hydrogens is 804 g/mol. The number of para-hydroxylation sites is 1. The van der Waals surface area contributed by atoms with Gasteiger partial charge in [-0.1, -0.05) is 43.5 Å². The molecule has 4 bridgehead atoms. The summed E-state index contributed by atoms with van der Waals surface area (Å²) < 4.78 is 44.9. The van der Waals surface area contributed by atoms with Crippen molar-refractivity contribution in [2.45, 2.75) is 107 Å². The first-order valence-electron chi connectivity index (χ1n) is 16.9. The highest BCUT2D eigenvalue weighted by atomic mass is 127. The van der Waals surface area contributed by atoms with Crippen molar-refractivity contribution < 1.29 is 32.0 Å². The van der Waals surface area contributed by atoms with Crippen LogP contribution in [-0.4, -0.2) is 64.9 Å². The average molecular weight is 854 g/mol. The molecule has 15 heteroatoms. The van der Waals surface area contributed by atoms with Crippen LogP contribution < -0.4 is 15.8 Å². The molecule has 0 saturated carbocycles. The van der Waals surface area contributed by atoms with Crippen molar-refractivity contribution in [2.75, 3.05) is 24.7 Å². The van der Waals surface area contributed by atoms with Gasteiger partial charge in [0, 0.05) is 18.2 Å². The predicted molar refractivity (Wildman–Crippen MR) is 210 cm³/mol. The Morgan fingerprint density at radius 1 is 1.10 bits per heavy atom. The van der Waals surface area contributed by atoms with Crippen LogP contribution in [0, 0.1) is 0 Å². The Hall–Kier alpha value is -3.07. The van der Waals surface area contributed by atoms with Gasteiger partial charge in [0.1, 0.15) is 11.4 Å². The van der Waals surface area contributed by atoms with E-state index >= 15 is 0 Å². The number of rotatable bonds is 4. The number of carbonyl (C=O) groups excluding carboxylic acids is 2. The van der Waals surface area contributed by atoms with Crippen molar-refractivity contribution in [3.8, 4) is 17.0 Å². The molecule has 3 aromatic rings. The molecule has 3 heterocycles. The highest BCUT2D eigenvalue weighted by Crippen LogP contribution is 2.42. The zero-order chi connectivity index (χ0) is 37.6. The summed E-state index contributed by atoms with van der Waals surface area (Å²) in [5.74, 6) is -0.258. The van der Waals surface area contributed by atoms with Gasteiger partial charge in [-0.05, 0) is 101 Å². The van der Waals surface area contributed by atoms with E-state index in [1.165, 1.54) is 11.1 Å². The lowest BCUT2D eigenvalue weighted by Gasteiger charge is -2.36. The largest absolute Gasteiger partial charge is 0.491 e. The predicted octanol–water partition coefficient (Wildman–Crippen LogP) is 8.35. The third-order valence-electron chi connectivity index (χ3n) is 8.59. The second-order valence-corrected chi connectivity index (χ2v) is 18.9. The molecule has 0 spiro atoms. The number of amides is 2. The van der Waals surface area contributed by atoms with Crippen LogP contribution in [0.15, 0.2) is 53.6 Å². The number of nitrogens with zero attached hydrogens (tertiary/aromatic N) is 3. The second kappa shape index (κ2) is 16.7. The van der Waals surface area contributed by atoms with Gasteiger partial charge in [0.25, 0.3) is 5.91 Å². The van der Waals surface area contributed by atoms with Crippen LogP contribution in [0.25, 0.3) is 11.3 Å². The molecule has 2 unspecified atom stereocenters. The number of carbonyl (C=O) groups is 2. The minimum absolute atomic E-state index is 0.0766. The molecular formula is C36H49IN5O7PS. The first-order chi connectivity index (χ1) is 23.9. The van der Waals surface area contributed by atoms with E-state index in [1.54, 1.807) is 78.1 Å². The van der Waals surface area contributed by atoms with Crippen molar-refractivity contribution >= 4 is 61.8 Å². The van der Waals surface area contributed by atoms with Gasteiger partial charge in [0.2, 0.25) is 0 Å². The number of nitrogens with two attached hydrogens (primary N) is 1. The molecule has 3 N–H and O–H groups in total. The molecule has 2 amide bonds. The first-order valence-corrected chi connectivity index (χ1v) is 22.4. The zero-order valence-electron chi connectivity index (χ0n) is 30.3. The summed E-state index contributed by atoms with van der Waals surface area (Å²) in [5, 5.41) is 2.89. The van der Waals surface area contributed by atoms with Crippen molar-refractivity contribution in [3.05, 3.63) is 59.9 Å². The minimum Gasteiger partial charge on any atom is -0.491 e. The fraction of sp³-hybridized carbons (Fsp3) is 0.500. The highest BCUT2D eigenvalue weighted by Gasteiger charge is 2.42. The maximum atomic E-state index is 13.9. The Labute approximate surface area is 316 Å². The molecule has 0 aliphatic carbocycles. The van der Waals surface area contributed by atoms with E-state index in [-0.39, 0.29) is 29.4 Å². The monoisotopic (exact) mass is 853 g/mol. The van der Waals surface area contributed by atoms with Crippen molar-refractivity contribution in [1.82, 2.24) is 14.9 Å². The molecule has 2 aliphatic heterocycles. The number of aromatic nitrogens is 2. The smallest absolute Gasteiger partial charge is 0.410 e. The number of anilines is 2. The summed E-state index contributed by atoms with van der Waals surface area (Å²) in [5.41, 5.74) is 6.70. The van der Waals surface area contributed by atoms with Crippen LogP contribution in [0.1, 0.15) is 96.1 Å². The van der Waals surface area contributed by atoms with Gasteiger partial charge in [-0.3, -0.25) is 4.79 Å². The Morgan fingerprint density at radius 3 is 2.45 bits per heavy atom. The summed E-state index contributed by atoms with van der Waals surface area (Å²) in [6.45, 7) is 11.6. The van der Waals surface area contributed by atoms with E-state index in [9.17, 15) is 18.0 Å². The summed E-state index contributed by atoms with van der Waals surface area (Å²) in [7, 11) is -2.11. The highest BCUT2D eigenvalue weighted by molar-refractivity contribution is 14.2. The Morgan fingerprint density at radius 2 is 1.78 bits per heavy atom. The first kappa shape index (κ1) is 40.7. The summed E-state index contributed by atoms with van der Waals surface area (Å²) in [4.78, 5) is 36.9. The van der Waals surface area contributed by atoms with Crippen LogP contribution in [-0.2, 0) is 25.6 Å². The number of hydrogen-bond donors (Lipinski definition) is 2. The standard InChI is InChI=1S/C36H49IN5O7PS/c1-34(2,3)48-33(44)42(7)22-25-13-12-14-27-30(25)47-20-11-9-8-10-19-36(6,49-50-37)23-35(4,5)51(45,46)26-17-15-24(16-18-26)28-21-39-31(38)29(40-28)32(43)41-27/h12-18,21,50H,8-11,19-20,22-23H2,1-7H3,(H2,38,39)(H,41,43). The molecule has 0 saturated heterocycles. The van der Waals surface area contributed by atoms with Crippen LogP contribution in [0.3, 0.4) is 0 Å². The fourth-order valence-corrected chi connectivity index (χ4v) is 9.62. The Kier molecular flexibility index (Phi) is 13.3. The normalized spacial score (nSPS) is 20.0. The molecule has 12 nitrogen and oxygen atoms in total. The number of nitrogens with one attached hydrogen (secondary N) is 1. The van der Waals surface area contributed by atoms with E-state index < -0.39 is 37.8 Å². The lowest BCUT2D eigenvalue weighted by molar-refractivity contribution is 0.0283. The van der Waals surface area contributed by atoms with Crippen molar-refractivity contribution in [1.29, 1.82) is 0 Å². The average Bonchev–Trinajstić information content (AvgIpc) is 3.04. The van der Waals surface area contributed by atoms with Gasteiger partial charge in [0.05, 0.1) is 52.4 Å². The molecule has 2 aromatic carbocycles. The van der Waals surface area contributed by atoms with Crippen LogP contribution >= 0.6 is 28.5 Å². The van der Waals surface area contributed by atoms with E-state index in [0.29, 0.717) is 47.7 Å². The minimum atomic E-state index is -3.75. The SMILES string of the molecule is CN(Cc1cccc2c1OCCCCCCC(C)(OPI)CC(C)(C)S(=O)(=O)c1ccc(cc1)-c1cnc(N)c(n1)C(=O)N2)C(=O)OC(C)(C)C. The number of halogens is 1. The lowest BCUT2D eigenvalue weighted by Crippen LogP contribution is -2.41. The Bertz CT molecular complexity index is 1820. The van der Waals surface area contributed by atoms with Crippen LogP contribution in [0.5, 0.6) is 5.75 Å². The number of benzene rings is 2. The van der Waals surface area contributed by atoms with Gasteiger partial charge in [-0.25, -0.2) is 23.2 Å². The molecule has 1 aromatic heterocycles. The molecule has 278 valence electrons. The summed E-state index contributed by atoms with van der Waals surface area (Å²) in [6, 6.07) is 11.7. The van der Waals surface area contributed by atoms with Crippen molar-refractivity contribution in [3.63, 3.8) is 0 Å². The number of sulfone groups is 1. The van der Waals surface area contributed by atoms with Gasteiger partial charge in [0.15, 0.2) is 21.3 Å². The number of ether oxygens (including phenoxy) is 2. The topological polar surface area (TPSA) is 163 Å². The molecule has 2 atom stereocenters. The van der Waals surface area contributed by atoms with E-state index in [2.05, 4.69) is 37.3 Å². The van der Waals surface area contributed by atoms with Gasteiger partial charge >= 0.3 is 6.09 Å². The van der Waals surface area contributed by atoms with Crippen LogP contribution in [0.2, 0.25) is 0 Å². The molecule has 0 radical (unpaired) electrons. The maximum absolute atomic E-state index is 13.9. The molecule has 0 fully saturated rings. The van der Waals surface area contributed by atoms with Gasteiger partial charge < -0.3 is 29.9 Å². The van der Waals surface area contributed by atoms with Gasteiger partial charge in [-0.15, -0.1) is 0 Å². The summed E-state index contributed by atoms with van der Waals surface area (Å²) in [6.07, 6.45) is 5.30. The maximum Gasteiger partial charge on any atom is 0.410 e.